The smallest absolute Gasteiger partial charge is 0.122 e. The lowest BCUT2D eigenvalue weighted by Gasteiger charge is -2.17. The van der Waals surface area contributed by atoms with Crippen LogP contribution in [-0.2, 0) is 13.0 Å². The molecule has 2 aromatic rings. The highest BCUT2D eigenvalue weighted by molar-refractivity contribution is 5.94. The maximum atomic E-state index is 10.2. The molecule has 0 saturated carbocycles. The van der Waals surface area contributed by atoms with Gasteiger partial charge in [-0.25, -0.2) is 0 Å². The zero-order valence-electron chi connectivity index (χ0n) is 17.0. The summed E-state index contributed by atoms with van der Waals surface area (Å²) in [6.45, 7) is 6.21. The van der Waals surface area contributed by atoms with Crippen LogP contribution in [0.4, 0.5) is 0 Å². The Balaban J connectivity index is 1.66. The van der Waals surface area contributed by atoms with Gasteiger partial charge < -0.3 is 16.2 Å². The van der Waals surface area contributed by atoms with E-state index in [1.165, 1.54) is 5.56 Å². The minimum atomic E-state index is 0.103. The van der Waals surface area contributed by atoms with Gasteiger partial charge in [-0.3, -0.25) is 5.41 Å². The van der Waals surface area contributed by atoms with Crippen molar-refractivity contribution in [1.29, 1.82) is 5.41 Å². The number of allylic oxidation sites excluding steroid dienone is 2. The molecule has 2 aromatic carbocycles. The fraction of sp³-hybridized carbons (Fsp3) is 0.375. The van der Waals surface area contributed by atoms with E-state index >= 15 is 0 Å². The second-order valence-electron chi connectivity index (χ2n) is 7.59. The number of hydrogen-bond acceptors (Lipinski definition) is 3. The minimum absolute atomic E-state index is 0.103. The Kier molecular flexibility index (Phi) is 8.76. The molecular weight excluding hydrogens is 346 g/mol. The SMILES string of the molecule is CC(C=C(O)Cc1ccccc1)C(C)CCCNCc1ccc(C(=N)N)cc1. The van der Waals surface area contributed by atoms with Crippen molar-refractivity contribution in [2.24, 2.45) is 17.6 Å². The number of nitrogen functional groups attached to an aromatic ring is 1. The second-order valence-corrected chi connectivity index (χ2v) is 7.59. The number of nitrogens with two attached hydrogens (primary N) is 1. The van der Waals surface area contributed by atoms with Crippen LogP contribution in [0.2, 0.25) is 0 Å². The van der Waals surface area contributed by atoms with E-state index in [-0.39, 0.29) is 5.84 Å². The molecule has 28 heavy (non-hydrogen) atoms. The first-order chi connectivity index (χ1) is 13.5. The highest BCUT2D eigenvalue weighted by Gasteiger charge is 2.11. The maximum Gasteiger partial charge on any atom is 0.122 e. The Hall–Kier alpha value is -2.59. The third-order valence-corrected chi connectivity index (χ3v) is 5.19. The highest BCUT2D eigenvalue weighted by atomic mass is 16.3. The van der Waals surface area contributed by atoms with Gasteiger partial charge in [0.05, 0.1) is 5.76 Å². The van der Waals surface area contributed by atoms with Crippen molar-refractivity contribution in [2.45, 2.75) is 39.7 Å². The van der Waals surface area contributed by atoms with Gasteiger partial charge in [0.1, 0.15) is 5.84 Å². The van der Waals surface area contributed by atoms with Crippen LogP contribution in [0.3, 0.4) is 0 Å². The molecule has 0 radical (unpaired) electrons. The standard InChI is InChI=1S/C24H33N3O/c1-18(19(2)15-23(28)16-20-8-4-3-5-9-20)7-6-14-27-17-21-10-12-22(13-11-21)24(25)26/h3-5,8-13,15,18-19,27-28H,6-7,14,16-17H2,1-2H3,(H3,25,26). The number of hydrogen-bond donors (Lipinski definition) is 4. The molecule has 5 N–H and O–H groups in total. The largest absolute Gasteiger partial charge is 0.512 e. The average Bonchev–Trinajstić information content (AvgIpc) is 2.68. The molecule has 2 atom stereocenters. The van der Waals surface area contributed by atoms with E-state index in [1.807, 2.05) is 60.7 Å². The summed E-state index contributed by atoms with van der Waals surface area (Å²) in [5.74, 6) is 1.43. The summed E-state index contributed by atoms with van der Waals surface area (Å²) in [6, 6.07) is 17.9. The molecule has 150 valence electrons. The molecule has 0 heterocycles. The summed E-state index contributed by atoms with van der Waals surface area (Å²) in [7, 11) is 0. The van der Waals surface area contributed by atoms with E-state index in [0.29, 0.717) is 24.0 Å². The molecule has 0 aliphatic heterocycles. The molecule has 0 amide bonds. The van der Waals surface area contributed by atoms with Crippen LogP contribution in [0.1, 0.15) is 43.4 Å². The zero-order valence-corrected chi connectivity index (χ0v) is 17.0. The fourth-order valence-corrected chi connectivity index (χ4v) is 3.18. The van der Waals surface area contributed by atoms with Gasteiger partial charge in [-0.15, -0.1) is 0 Å². The molecule has 4 heteroatoms. The van der Waals surface area contributed by atoms with Crippen molar-refractivity contribution < 1.29 is 5.11 Å². The minimum Gasteiger partial charge on any atom is -0.512 e. The van der Waals surface area contributed by atoms with Crippen molar-refractivity contribution in [3.05, 3.63) is 83.1 Å². The number of aliphatic hydroxyl groups is 1. The van der Waals surface area contributed by atoms with Crippen LogP contribution in [0.15, 0.2) is 66.4 Å². The molecule has 0 aromatic heterocycles. The van der Waals surface area contributed by atoms with Crippen LogP contribution in [-0.4, -0.2) is 17.5 Å². The van der Waals surface area contributed by atoms with Crippen molar-refractivity contribution in [1.82, 2.24) is 5.32 Å². The zero-order chi connectivity index (χ0) is 20.4. The Labute approximate surface area is 169 Å². The number of nitrogens with one attached hydrogen (secondary N) is 2. The fourth-order valence-electron chi connectivity index (χ4n) is 3.18. The Morgan fingerprint density at radius 2 is 1.75 bits per heavy atom. The lowest BCUT2D eigenvalue weighted by atomic mass is 9.90. The molecule has 0 bridgehead atoms. The van der Waals surface area contributed by atoms with Gasteiger partial charge in [-0.05, 0) is 48.4 Å². The molecule has 0 saturated heterocycles. The molecule has 0 aliphatic rings. The highest BCUT2D eigenvalue weighted by Crippen LogP contribution is 2.20. The van der Waals surface area contributed by atoms with Crippen molar-refractivity contribution in [3.63, 3.8) is 0 Å². The summed E-state index contributed by atoms with van der Waals surface area (Å²) in [6.07, 6.45) is 4.82. The topological polar surface area (TPSA) is 82.1 Å². The average molecular weight is 380 g/mol. The molecule has 0 fully saturated rings. The molecule has 2 rings (SSSR count). The summed E-state index contributed by atoms with van der Waals surface area (Å²) in [5, 5.41) is 21.1. The molecule has 2 unspecified atom stereocenters. The number of rotatable bonds is 11. The number of amidine groups is 1. The van der Waals surface area contributed by atoms with Gasteiger partial charge in [0, 0.05) is 18.5 Å². The van der Waals surface area contributed by atoms with Gasteiger partial charge in [-0.2, -0.15) is 0 Å². The van der Waals surface area contributed by atoms with Crippen LogP contribution in [0.25, 0.3) is 0 Å². The molecule has 0 spiro atoms. The third-order valence-electron chi connectivity index (χ3n) is 5.19. The van der Waals surface area contributed by atoms with Gasteiger partial charge in [-0.1, -0.05) is 68.4 Å². The van der Waals surface area contributed by atoms with Gasteiger partial charge >= 0.3 is 0 Å². The Morgan fingerprint density at radius 3 is 2.39 bits per heavy atom. The Bertz CT molecular complexity index is 753. The summed E-state index contributed by atoms with van der Waals surface area (Å²) < 4.78 is 0. The van der Waals surface area contributed by atoms with E-state index in [0.717, 1.165) is 37.1 Å². The van der Waals surface area contributed by atoms with Crippen LogP contribution >= 0.6 is 0 Å². The maximum absolute atomic E-state index is 10.2. The Morgan fingerprint density at radius 1 is 1.07 bits per heavy atom. The van der Waals surface area contributed by atoms with Gasteiger partial charge in [0.15, 0.2) is 0 Å². The van der Waals surface area contributed by atoms with Gasteiger partial charge in [0.2, 0.25) is 0 Å². The van der Waals surface area contributed by atoms with E-state index in [9.17, 15) is 5.11 Å². The summed E-state index contributed by atoms with van der Waals surface area (Å²) in [4.78, 5) is 0. The second kappa shape index (κ2) is 11.3. The van der Waals surface area contributed by atoms with E-state index < -0.39 is 0 Å². The summed E-state index contributed by atoms with van der Waals surface area (Å²) in [5.41, 5.74) is 8.56. The van der Waals surface area contributed by atoms with Crippen molar-refractivity contribution >= 4 is 5.84 Å². The first-order valence-corrected chi connectivity index (χ1v) is 10.0. The molecule has 4 nitrogen and oxygen atoms in total. The van der Waals surface area contributed by atoms with E-state index in [4.69, 9.17) is 11.1 Å². The van der Waals surface area contributed by atoms with Crippen LogP contribution < -0.4 is 11.1 Å². The number of benzene rings is 2. The third kappa shape index (κ3) is 7.57. The lowest BCUT2D eigenvalue weighted by Crippen LogP contribution is -2.17. The predicted molar refractivity (Wildman–Crippen MR) is 118 cm³/mol. The quantitative estimate of drug-likeness (QED) is 0.196. The number of aliphatic hydroxyl groups excluding tert-OH is 1. The first kappa shape index (κ1) is 21.7. The lowest BCUT2D eigenvalue weighted by molar-refractivity contribution is 0.364. The van der Waals surface area contributed by atoms with Crippen molar-refractivity contribution in [2.75, 3.05) is 6.54 Å². The van der Waals surface area contributed by atoms with Crippen LogP contribution in [0.5, 0.6) is 0 Å². The van der Waals surface area contributed by atoms with Gasteiger partial charge in [0.25, 0.3) is 0 Å². The van der Waals surface area contributed by atoms with E-state index in [2.05, 4.69) is 19.2 Å². The molecular formula is C24H33N3O. The first-order valence-electron chi connectivity index (χ1n) is 10.0. The normalized spacial score (nSPS) is 13.9. The summed E-state index contributed by atoms with van der Waals surface area (Å²) >= 11 is 0. The van der Waals surface area contributed by atoms with Crippen molar-refractivity contribution in [3.8, 4) is 0 Å². The van der Waals surface area contributed by atoms with E-state index in [1.54, 1.807) is 0 Å². The predicted octanol–water partition coefficient (Wildman–Crippen LogP) is 4.80. The molecule has 0 aliphatic carbocycles. The van der Waals surface area contributed by atoms with Crippen LogP contribution in [0, 0.1) is 17.2 Å². The monoisotopic (exact) mass is 379 g/mol.